The third-order valence-electron chi connectivity index (χ3n) is 4.29. The molecule has 0 atom stereocenters. The largest absolute Gasteiger partial charge is 0.356 e. The van der Waals surface area contributed by atoms with Crippen molar-refractivity contribution in [2.45, 2.75) is 44.4 Å². The molecule has 27 heavy (non-hydrogen) atoms. The standard InChI is InChI=1S/C21H28N2O3S/c1-3-23-27(25,26)20-13-11-19(12-14-20)15-16-22-21(24)6-4-5-18-9-7-17(2)8-10-18/h7-14,23H,3-6,15-16H2,1-2H3,(H,22,24). The van der Waals surface area contributed by atoms with Gasteiger partial charge in [0.25, 0.3) is 0 Å². The maximum Gasteiger partial charge on any atom is 0.240 e. The maximum absolute atomic E-state index is 11.9. The Morgan fingerprint density at radius 1 is 0.926 bits per heavy atom. The minimum absolute atomic E-state index is 0.0495. The summed E-state index contributed by atoms with van der Waals surface area (Å²) in [6, 6.07) is 15.1. The summed E-state index contributed by atoms with van der Waals surface area (Å²) in [6.45, 7) is 4.71. The molecule has 2 aromatic rings. The first-order valence-electron chi connectivity index (χ1n) is 9.31. The van der Waals surface area contributed by atoms with Gasteiger partial charge < -0.3 is 5.32 Å². The lowest BCUT2D eigenvalue weighted by Gasteiger charge is -2.08. The van der Waals surface area contributed by atoms with E-state index in [0.717, 1.165) is 18.4 Å². The number of carbonyl (C=O) groups excluding carboxylic acids is 1. The summed E-state index contributed by atoms with van der Waals surface area (Å²) in [5.74, 6) is 0.0495. The Morgan fingerprint density at radius 3 is 2.15 bits per heavy atom. The minimum atomic E-state index is -3.42. The van der Waals surface area contributed by atoms with Crippen molar-refractivity contribution < 1.29 is 13.2 Å². The molecule has 0 heterocycles. The first-order chi connectivity index (χ1) is 12.9. The van der Waals surface area contributed by atoms with E-state index in [1.54, 1.807) is 31.2 Å². The summed E-state index contributed by atoms with van der Waals surface area (Å²) in [7, 11) is -3.42. The molecule has 0 aliphatic carbocycles. The average molecular weight is 389 g/mol. The quantitative estimate of drug-likeness (QED) is 0.657. The summed E-state index contributed by atoms with van der Waals surface area (Å²) in [6.07, 6.45) is 2.90. The molecule has 0 fully saturated rings. The summed E-state index contributed by atoms with van der Waals surface area (Å²) in [5, 5.41) is 2.92. The van der Waals surface area contributed by atoms with Gasteiger partial charge in [-0.15, -0.1) is 0 Å². The fourth-order valence-electron chi connectivity index (χ4n) is 2.75. The van der Waals surface area contributed by atoms with Crippen molar-refractivity contribution in [3.8, 4) is 0 Å². The van der Waals surface area contributed by atoms with E-state index in [1.165, 1.54) is 11.1 Å². The van der Waals surface area contributed by atoms with Crippen LogP contribution in [0.3, 0.4) is 0 Å². The zero-order valence-electron chi connectivity index (χ0n) is 16.0. The highest BCUT2D eigenvalue weighted by Crippen LogP contribution is 2.11. The van der Waals surface area contributed by atoms with E-state index >= 15 is 0 Å². The number of aryl methyl sites for hydroxylation is 2. The second-order valence-corrected chi connectivity index (χ2v) is 8.35. The normalized spacial score (nSPS) is 11.3. The predicted octanol–water partition coefficient (Wildman–Crippen LogP) is 2.97. The van der Waals surface area contributed by atoms with E-state index in [-0.39, 0.29) is 10.8 Å². The van der Waals surface area contributed by atoms with Crippen molar-refractivity contribution in [3.05, 3.63) is 65.2 Å². The topological polar surface area (TPSA) is 75.3 Å². The molecule has 0 unspecified atom stereocenters. The molecule has 0 aromatic heterocycles. The van der Waals surface area contributed by atoms with Crippen LogP contribution in [-0.2, 0) is 27.7 Å². The summed E-state index contributed by atoms with van der Waals surface area (Å²) >= 11 is 0. The maximum atomic E-state index is 11.9. The lowest BCUT2D eigenvalue weighted by Crippen LogP contribution is -2.25. The lowest BCUT2D eigenvalue weighted by atomic mass is 10.1. The number of amides is 1. The number of hydrogen-bond acceptors (Lipinski definition) is 3. The van der Waals surface area contributed by atoms with Gasteiger partial charge in [0.05, 0.1) is 4.90 Å². The molecule has 1 amide bonds. The zero-order valence-corrected chi connectivity index (χ0v) is 16.8. The highest BCUT2D eigenvalue weighted by molar-refractivity contribution is 7.89. The van der Waals surface area contributed by atoms with Gasteiger partial charge in [0.15, 0.2) is 0 Å². The monoisotopic (exact) mass is 388 g/mol. The van der Waals surface area contributed by atoms with Crippen LogP contribution in [0.2, 0.25) is 0 Å². The molecule has 2 N–H and O–H groups in total. The third kappa shape index (κ3) is 7.15. The Bertz CT molecular complexity index is 829. The van der Waals surface area contributed by atoms with Gasteiger partial charge in [-0.1, -0.05) is 48.9 Å². The van der Waals surface area contributed by atoms with Crippen molar-refractivity contribution >= 4 is 15.9 Å². The Morgan fingerprint density at radius 2 is 1.52 bits per heavy atom. The van der Waals surface area contributed by atoms with Crippen LogP contribution in [0.1, 0.15) is 36.5 Å². The van der Waals surface area contributed by atoms with Crippen LogP contribution in [0.15, 0.2) is 53.4 Å². The van der Waals surface area contributed by atoms with E-state index in [4.69, 9.17) is 0 Å². The molecule has 6 heteroatoms. The molecule has 2 rings (SSSR count). The van der Waals surface area contributed by atoms with Crippen LogP contribution >= 0.6 is 0 Å². The van der Waals surface area contributed by atoms with Gasteiger partial charge in [-0.25, -0.2) is 13.1 Å². The zero-order chi connectivity index (χ0) is 19.7. The van der Waals surface area contributed by atoms with Crippen LogP contribution in [0.5, 0.6) is 0 Å². The molecular weight excluding hydrogens is 360 g/mol. The fraction of sp³-hybridized carbons (Fsp3) is 0.381. The Kier molecular flexibility index (Phi) is 8.00. The van der Waals surface area contributed by atoms with E-state index in [2.05, 4.69) is 41.2 Å². The first kappa shape index (κ1) is 21.1. The number of nitrogens with one attached hydrogen (secondary N) is 2. The second kappa shape index (κ2) is 10.2. The van der Waals surface area contributed by atoms with Crippen LogP contribution < -0.4 is 10.0 Å². The summed E-state index contributed by atoms with van der Waals surface area (Å²) in [4.78, 5) is 12.2. The molecule has 0 bridgehead atoms. The van der Waals surface area contributed by atoms with Gasteiger partial charge >= 0.3 is 0 Å². The lowest BCUT2D eigenvalue weighted by molar-refractivity contribution is -0.121. The van der Waals surface area contributed by atoms with Gasteiger partial charge in [0.1, 0.15) is 0 Å². The van der Waals surface area contributed by atoms with E-state index in [1.807, 2.05) is 0 Å². The van der Waals surface area contributed by atoms with Crippen LogP contribution in [-0.4, -0.2) is 27.4 Å². The van der Waals surface area contributed by atoms with Crippen LogP contribution in [0, 0.1) is 6.92 Å². The Balaban J connectivity index is 1.69. The van der Waals surface area contributed by atoms with Gasteiger partial charge in [-0.3, -0.25) is 4.79 Å². The number of rotatable bonds is 10. The average Bonchev–Trinajstić information content (AvgIpc) is 2.64. The number of hydrogen-bond donors (Lipinski definition) is 2. The Labute approximate surface area is 162 Å². The van der Waals surface area contributed by atoms with Gasteiger partial charge in [-0.05, 0) is 49.4 Å². The first-order valence-corrected chi connectivity index (χ1v) is 10.8. The molecule has 0 saturated carbocycles. The second-order valence-electron chi connectivity index (χ2n) is 6.58. The van der Waals surface area contributed by atoms with Gasteiger partial charge in [0.2, 0.25) is 15.9 Å². The molecular formula is C21H28N2O3S. The molecule has 0 aliphatic rings. The molecule has 146 valence electrons. The number of sulfonamides is 1. The van der Waals surface area contributed by atoms with Crippen molar-refractivity contribution in [2.24, 2.45) is 0 Å². The smallest absolute Gasteiger partial charge is 0.240 e. The molecule has 0 saturated heterocycles. The van der Waals surface area contributed by atoms with Crippen molar-refractivity contribution in [2.75, 3.05) is 13.1 Å². The van der Waals surface area contributed by atoms with Crippen molar-refractivity contribution in [1.82, 2.24) is 10.0 Å². The highest BCUT2D eigenvalue weighted by Gasteiger charge is 2.11. The van der Waals surface area contributed by atoms with Gasteiger partial charge in [0, 0.05) is 19.5 Å². The van der Waals surface area contributed by atoms with Crippen LogP contribution in [0.25, 0.3) is 0 Å². The van der Waals surface area contributed by atoms with Crippen LogP contribution in [0.4, 0.5) is 0 Å². The summed E-state index contributed by atoms with van der Waals surface area (Å²) < 4.78 is 26.3. The van der Waals surface area contributed by atoms with E-state index in [9.17, 15) is 13.2 Å². The number of carbonyl (C=O) groups is 1. The number of benzene rings is 2. The van der Waals surface area contributed by atoms with E-state index < -0.39 is 10.0 Å². The minimum Gasteiger partial charge on any atom is -0.356 e. The predicted molar refractivity (Wildman–Crippen MR) is 108 cm³/mol. The van der Waals surface area contributed by atoms with E-state index in [0.29, 0.717) is 25.9 Å². The van der Waals surface area contributed by atoms with Crippen molar-refractivity contribution in [3.63, 3.8) is 0 Å². The highest BCUT2D eigenvalue weighted by atomic mass is 32.2. The molecule has 0 radical (unpaired) electrons. The Hall–Kier alpha value is -2.18. The third-order valence-corrected chi connectivity index (χ3v) is 5.86. The van der Waals surface area contributed by atoms with Crippen molar-refractivity contribution in [1.29, 1.82) is 0 Å². The van der Waals surface area contributed by atoms with Gasteiger partial charge in [-0.2, -0.15) is 0 Å². The molecule has 5 nitrogen and oxygen atoms in total. The molecule has 0 aliphatic heterocycles. The SMILES string of the molecule is CCNS(=O)(=O)c1ccc(CCNC(=O)CCCc2ccc(C)cc2)cc1. The molecule has 0 spiro atoms. The molecule has 2 aromatic carbocycles. The fourth-order valence-corrected chi connectivity index (χ4v) is 3.79. The summed E-state index contributed by atoms with van der Waals surface area (Å²) in [5.41, 5.74) is 3.48.